The molecule has 6 atom stereocenters. The molecule has 1 amide bonds. The van der Waals surface area contributed by atoms with Gasteiger partial charge in [-0.2, -0.15) is 0 Å². The third-order valence-electron chi connectivity index (χ3n) is 10.3. The first-order valence-corrected chi connectivity index (χ1v) is 15.5. The minimum absolute atomic E-state index is 0.00750. The molecule has 2 aromatic rings. The number of aryl methyl sites for hydroxylation is 2. The first kappa shape index (κ1) is 27.2. The molecule has 1 aliphatic heterocycles. The number of carbonyl (C=O) groups excluding carboxylic acids is 1. The van der Waals surface area contributed by atoms with Gasteiger partial charge >= 0.3 is 5.97 Å². The van der Waals surface area contributed by atoms with Crippen LogP contribution in [-0.4, -0.2) is 47.4 Å². The van der Waals surface area contributed by atoms with Crippen molar-refractivity contribution in [2.24, 2.45) is 28.3 Å². The Morgan fingerprint density at radius 1 is 1.30 bits per heavy atom. The molecule has 3 unspecified atom stereocenters. The maximum atomic E-state index is 12.8. The van der Waals surface area contributed by atoms with Crippen molar-refractivity contribution in [3.8, 4) is 0 Å². The lowest BCUT2D eigenvalue weighted by atomic mass is 9.54. The summed E-state index contributed by atoms with van der Waals surface area (Å²) in [5, 5.41) is 17.9. The fourth-order valence-corrected chi connectivity index (χ4v) is 9.27. The van der Waals surface area contributed by atoms with E-state index in [0.29, 0.717) is 41.6 Å². The second-order valence-electron chi connectivity index (χ2n) is 12.4. The van der Waals surface area contributed by atoms with Gasteiger partial charge in [0.2, 0.25) is 5.91 Å². The van der Waals surface area contributed by atoms with Crippen molar-refractivity contribution in [1.29, 1.82) is 0 Å². The van der Waals surface area contributed by atoms with Crippen LogP contribution in [-0.2, 0) is 20.8 Å². The highest BCUT2D eigenvalue weighted by Crippen LogP contribution is 2.62. The normalized spacial score (nSPS) is 31.9. The van der Waals surface area contributed by atoms with E-state index in [0.717, 1.165) is 67.8 Å². The van der Waals surface area contributed by atoms with Gasteiger partial charge in [0.1, 0.15) is 13.2 Å². The zero-order chi connectivity index (χ0) is 28.0. The number of fused-ring (bicyclic) bond motifs is 5. The minimum atomic E-state index is -0.724. The molecule has 6 rings (SSSR count). The first-order chi connectivity index (χ1) is 19.3. The van der Waals surface area contributed by atoms with E-state index in [-0.39, 0.29) is 11.3 Å². The number of thiazole rings is 1. The number of carbonyl (C=O) groups is 2. The number of carboxylic acid groups (broad SMARTS) is 1. The lowest BCUT2D eigenvalue weighted by molar-refractivity contribution is -0.138. The SMILES string of the molecule is CON=C1C[C@@H](CCC(=O)Nc2ncc(C)s2)C2C3CCc4cc(N5CCC[C@H]5C(=O)O)ccc4C3CC[C@]12C. The number of hydrogen-bond donors (Lipinski definition) is 2. The number of rotatable bonds is 7. The van der Waals surface area contributed by atoms with Gasteiger partial charge in [0, 0.05) is 35.1 Å². The van der Waals surface area contributed by atoms with Crippen LogP contribution in [0.2, 0.25) is 0 Å². The van der Waals surface area contributed by atoms with E-state index in [4.69, 9.17) is 4.84 Å². The number of aliphatic carboxylic acids is 1. The highest BCUT2D eigenvalue weighted by atomic mass is 32.1. The summed E-state index contributed by atoms with van der Waals surface area (Å²) >= 11 is 1.51. The zero-order valence-corrected chi connectivity index (χ0v) is 24.5. The van der Waals surface area contributed by atoms with Crippen LogP contribution < -0.4 is 10.2 Å². The van der Waals surface area contributed by atoms with Crippen LogP contribution in [0.15, 0.2) is 29.6 Å². The summed E-state index contributed by atoms with van der Waals surface area (Å²) < 4.78 is 0. The van der Waals surface area contributed by atoms with Gasteiger partial charge in [-0.15, -0.1) is 11.3 Å². The Morgan fingerprint density at radius 3 is 2.90 bits per heavy atom. The standard InChI is InChI=1S/C31H40N4O4S/c1-18-17-32-30(40-18)33-27(36)11-7-20-16-26(34-39-3)31(2)13-12-23-22-10-8-21(35-14-4-5-25(35)29(37)38)15-19(22)6-9-24(23)28(20)31/h8,10,15,17,20,23-25,28H,4-7,9,11-14,16H2,1-3H3,(H,37,38)(H,32,33,36)/t20-,23?,24?,25+,28?,31-/m1/s1. The van der Waals surface area contributed by atoms with Crippen molar-refractivity contribution in [3.05, 3.63) is 40.4 Å². The van der Waals surface area contributed by atoms with Crippen molar-refractivity contribution in [2.75, 3.05) is 23.9 Å². The number of benzene rings is 1. The van der Waals surface area contributed by atoms with E-state index in [9.17, 15) is 14.7 Å². The Hall–Kier alpha value is -2.94. The molecule has 2 heterocycles. The van der Waals surface area contributed by atoms with Gasteiger partial charge in [-0.3, -0.25) is 4.79 Å². The first-order valence-electron chi connectivity index (χ1n) is 14.7. The molecule has 2 N–H and O–H groups in total. The van der Waals surface area contributed by atoms with Gasteiger partial charge in [-0.25, -0.2) is 9.78 Å². The summed E-state index contributed by atoms with van der Waals surface area (Å²) in [4.78, 5) is 37.4. The summed E-state index contributed by atoms with van der Waals surface area (Å²) in [6, 6.07) is 6.30. The van der Waals surface area contributed by atoms with Gasteiger partial charge < -0.3 is 20.2 Å². The molecule has 3 aliphatic carbocycles. The van der Waals surface area contributed by atoms with Crippen LogP contribution in [0.1, 0.15) is 80.2 Å². The minimum Gasteiger partial charge on any atom is -0.480 e. The predicted molar refractivity (Wildman–Crippen MR) is 157 cm³/mol. The van der Waals surface area contributed by atoms with Crippen molar-refractivity contribution in [1.82, 2.24) is 4.98 Å². The molecule has 3 fully saturated rings. The third-order valence-corrected chi connectivity index (χ3v) is 11.1. The average molecular weight is 565 g/mol. The zero-order valence-electron chi connectivity index (χ0n) is 23.7. The molecule has 0 spiro atoms. The van der Waals surface area contributed by atoms with E-state index in [1.807, 2.05) is 6.92 Å². The summed E-state index contributed by atoms with van der Waals surface area (Å²) in [7, 11) is 1.64. The fourth-order valence-electron chi connectivity index (χ4n) is 8.59. The van der Waals surface area contributed by atoms with Gasteiger partial charge in [0.25, 0.3) is 0 Å². The molecule has 1 aromatic carbocycles. The Labute approximate surface area is 240 Å². The molecular weight excluding hydrogens is 524 g/mol. The third kappa shape index (κ3) is 4.80. The van der Waals surface area contributed by atoms with E-state index in [1.54, 1.807) is 13.3 Å². The van der Waals surface area contributed by atoms with Gasteiger partial charge in [-0.1, -0.05) is 18.1 Å². The van der Waals surface area contributed by atoms with Crippen LogP contribution in [0.3, 0.4) is 0 Å². The van der Waals surface area contributed by atoms with Gasteiger partial charge in [0.05, 0.1) is 5.71 Å². The number of carboxylic acids is 1. The topological polar surface area (TPSA) is 104 Å². The lowest BCUT2D eigenvalue weighted by Crippen LogP contribution is -2.44. The number of oxime groups is 1. The molecule has 0 bridgehead atoms. The van der Waals surface area contributed by atoms with Crippen LogP contribution in [0.5, 0.6) is 0 Å². The fraction of sp³-hybridized carbons (Fsp3) is 0.613. The summed E-state index contributed by atoms with van der Waals surface area (Å²) in [5.41, 5.74) is 5.04. The van der Waals surface area contributed by atoms with Crippen LogP contribution in [0.25, 0.3) is 0 Å². The maximum absolute atomic E-state index is 12.8. The molecule has 2 saturated carbocycles. The van der Waals surface area contributed by atoms with Gasteiger partial charge in [-0.05, 0) is 105 Å². The molecule has 214 valence electrons. The molecule has 40 heavy (non-hydrogen) atoms. The van der Waals surface area contributed by atoms with E-state index < -0.39 is 12.0 Å². The lowest BCUT2D eigenvalue weighted by Gasteiger charge is -2.50. The van der Waals surface area contributed by atoms with E-state index in [1.165, 1.54) is 22.5 Å². The molecular formula is C31H40N4O4S. The Kier molecular flexibility index (Phi) is 7.36. The largest absolute Gasteiger partial charge is 0.480 e. The molecule has 9 heteroatoms. The highest BCUT2D eigenvalue weighted by Gasteiger charge is 2.57. The molecule has 4 aliphatic rings. The van der Waals surface area contributed by atoms with Crippen LogP contribution in [0, 0.1) is 30.1 Å². The number of amides is 1. The summed E-state index contributed by atoms with van der Waals surface area (Å²) in [6.45, 7) is 5.18. The van der Waals surface area contributed by atoms with Crippen molar-refractivity contribution < 1.29 is 19.5 Å². The molecule has 8 nitrogen and oxygen atoms in total. The molecule has 0 radical (unpaired) electrons. The number of anilines is 2. The second kappa shape index (κ2) is 10.8. The number of nitrogens with zero attached hydrogens (tertiary/aromatic N) is 3. The number of aromatic nitrogens is 1. The summed E-state index contributed by atoms with van der Waals surface area (Å²) in [5.74, 6) is 1.17. The maximum Gasteiger partial charge on any atom is 0.326 e. The quantitative estimate of drug-likeness (QED) is 0.399. The molecule has 1 saturated heterocycles. The van der Waals surface area contributed by atoms with Gasteiger partial charge in [0.15, 0.2) is 5.13 Å². The van der Waals surface area contributed by atoms with Crippen molar-refractivity contribution in [3.63, 3.8) is 0 Å². The Bertz CT molecular complexity index is 1320. The van der Waals surface area contributed by atoms with Crippen molar-refractivity contribution >= 4 is 39.7 Å². The van der Waals surface area contributed by atoms with E-state index in [2.05, 4.69) is 45.5 Å². The number of hydrogen-bond acceptors (Lipinski definition) is 7. The average Bonchev–Trinajstić information content (AvgIpc) is 3.65. The summed E-state index contributed by atoms with van der Waals surface area (Å²) in [6.07, 6.45) is 9.94. The Balaban J connectivity index is 1.22. The number of nitrogens with one attached hydrogen (secondary N) is 1. The smallest absolute Gasteiger partial charge is 0.326 e. The monoisotopic (exact) mass is 564 g/mol. The molecule has 1 aromatic heterocycles. The van der Waals surface area contributed by atoms with Crippen LogP contribution >= 0.6 is 11.3 Å². The van der Waals surface area contributed by atoms with Crippen LogP contribution in [0.4, 0.5) is 10.8 Å². The van der Waals surface area contributed by atoms with E-state index >= 15 is 0 Å². The Morgan fingerprint density at radius 2 is 2.15 bits per heavy atom. The second-order valence-corrected chi connectivity index (χ2v) is 13.6. The highest BCUT2D eigenvalue weighted by molar-refractivity contribution is 7.15. The predicted octanol–water partition coefficient (Wildman–Crippen LogP) is 6.01. The van der Waals surface area contributed by atoms with Crippen molar-refractivity contribution in [2.45, 2.75) is 83.6 Å².